The molecule has 1 fully saturated rings. The third-order valence-electron chi connectivity index (χ3n) is 3.65. The Hall–Kier alpha value is -1.41. The number of amides is 1. The van der Waals surface area contributed by atoms with Crippen molar-refractivity contribution < 1.29 is 14.7 Å². The molecule has 1 aliphatic carbocycles. The first kappa shape index (κ1) is 16.0. The van der Waals surface area contributed by atoms with E-state index >= 15 is 0 Å². The smallest absolute Gasteiger partial charge is 0.317 e. The number of carboxylic acids is 1. The van der Waals surface area contributed by atoms with Gasteiger partial charge in [0.25, 0.3) is 0 Å². The zero-order valence-corrected chi connectivity index (χ0v) is 13.4. The SMILES string of the molecule is CCN(CC(=O)O)C1CC(NC(=O)Cn2cc(Br)cn2)C1. The maximum absolute atomic E-state index is 11.9. The number of carbonyl (C=O) groups excluding carboxylic acids is 1. The van der Waals surface area contributed by atoms with E-state index in [-0.39, 0.29) is 31.1 Å². The fourth-order valence-electron chi connectivity index (χ4n) is 2.52. The van der Waals surface area contributed by atoms with Gasteiger partial charge in [0.05, 0.1) is 17.2 Å². The van der Waals surface area contributed by atoms with E-state index in [1.54, 1.807) is 17.1 Å². The Morgan fingerprint density at radius 1 is 1.57 bits per heavy atom. The first-order valence-corrected chi connectivity index (χ1v) is 7.70. The summed E-state index contributed by atoms with van der Waals surface area (Å²) in [7, 11) is 0. The molecule has 0 aliphatic heterocycles. The number of likely N-dealkylation sites (N-methyl/N-ethyl adjacent to an activating group) is 1. The van der Waals surface area contributed by atoms with Crippen molar-refractivity contribution in [2.45, 2.75) is 38.4 Å². The Bertz CT molecular complexity index is 513. The minimum Gasteiger partial charge on any atom is -0.480 e. The maximum Gasteiger partial charge on any atom is 0.317 e. The van der Waals surface area contributed by atoms with Gasteiger partial charge in [0.15, 0.2) is 0 Å². The summed E-state index contributed by atoms with van der Waals surface area (Å²) in [6, 6.07) is 0.375. The summed E-state index contributed by atoms with van der Waals surface area (Å²) < 4.78 is 2.41. The van der Waals surface area contributed by atoms with Crippen LogP contribution >= 0.6 is 15.9 Å². The molecule has 1 aliphatic rings. The van der Waals surface area contributed by atoms with E-state index in [1.165, 1.54) is 0 Å². The largest absolute Gasteiger partial charge is 0.480 e. The number of aromatic nitrogens is 2. The Morgan fingerprint density at radius 3 is 2.81 bits per heavy atom. The summed E-state index contributed by atoms with van der Waals surface area (Å²) in [5.74, 6) is -0.885. The predicted octanol–water partition coefficient (Wildman–Crippen LogP) is 0.699. The zero-order chi connectivity index (χ0) is 15.4. The second kappa shape index (κ2) is 7.04. The second-order valence-corrected chi connectivity index (χ2v) is 6.12. The fraction of sp³-hybridized carbons (Fsp3) is 0.615. The molecule has 8 heteroatoms. The first-order valence-electron chi connectivity index (χ1n) is 6.91. The summed E-state index contributed by atoms with van der Waals surface area (Å²) in [6.07, 6.45) is 4.98. The van der Waals surface area contributed by atoms with Crippen LogP contribution in [0.3, 0.4) is 0 Å². The summed E-state index contributed by atoms with van der Waals surface area (Å²) in [4.78, 5) is 24.5. The minimum atomic E-state index is -0.811. The highest BCUT2D eigenvalue weighted by Crippen LogP contribution is 2.25. The summed E-state index contributed by atoms with van der Waals surface area (Å²) in [5.41, 5.74) is 0. The van der Waals surface area contributed by atoms with E-state index in [0.29, 0.717) is 6.54 Å². The van der Waals surface area contributed by atoms with Gasteiger partial charge in [-0.05, 0) is 35.3 Å². The lowest BCUT2D eigenvalue weighted by molar-refractivity contribution is -0.139. The number of nitrogens with one attached hydrogen (secondary N) is 1. The van der Waals surface area contributed by atoms with Crippen LogP contribution in [0.5, 0.6) is 0 Å². The lowest BCUT2D eigenvalue weighted by Gasteiger charge is -2.42. The van der Waals surface area contributed by atoms with Crippen molar-refractivity contribution in [3.8, 4) is 0 Å². The van der Waals surface area contributed by atoms with Crippen molar-refractivity contribution in [3.63, 3.8) is 0 Å². The van der Waals surface area contributed by atoms with E-state index in [4.69, 9.17) is 5.11 Å². The van der Waals surface area contributed by atoms with Crippen molar-refractivity contribution in [2.75, 3.05) is 13.1 Å². The number of hydrogen-bond donors (Lipinski definition) is 2. The van der Waals surface area contributed by atoms with Crippen molar-refractivity contribution in [1.82, 2.24) is 20.0 Å². The van der Waals surface area contributed by atoms with Crippen LogP contribution in [0.4, 0.5) is 0 Å². The van der Waals surface area contributed by atoms with Crippen LogP contribution in [-0.4, -0.2) is 56.8 Å². The molecular formula is C13H19BrN4O3. The van der Waals surface area contributed by atoms with Crippen molar-refractivity contribution in [3.05, 3.63) is 16.9 Å². The molecule has 0 aromatic carbocycles. The average molecular weight is 359 g/mol. The third kappa shape index (κ3) is 4.53. The van der Waals surface area contributed by atoms with Gasteiger partial charge in [-0.15, -0.1) is 0 Å². The quantitative estimate of drug-likeness (QED) is 0.748. The number of halogens is 1. The molecule has 1 heterocycles. The van der Waals surface area contributed by atoms with Gasteiger partial charge in [-0.3, -0.25) is 19.2 Å². The number of hydrogen-bond acceptors (Lipinski definition) is 4. The average Bonchev–Trinajstić information content (AvgIpc) is 2.76. The van der Waals surface area contributed by atoms with Gasteiger partial charge in [-0.25, -0.2) is 0 Å². The van der Waals surface area contributed by atoms with Crippen LogP contribution < -0.4 is 5.32 Å². The third-order valence-corrected chi connectivity index (χ3v) is 4.06. The van der Waals surface area contributed by atoms with E-state index in [2.05, 4.69) is 26.3 Å². The van der Waals surface area contributed by atoms with Crippen molar-refractivity contribution >= 4 is 27.8 Å². The van der Waals surface area contributed by atoms with Crippen LogP contribution in [0.25, 0.3) is 0 Å². The molecule has 2 rings (SSSR count). The van der Waals surface area contributed by atoms with Gasteiger partial charge >= 0.3 is 5.97 Å². The summed E-state index contributed by atoms with van der Waals surface area (Å²) in [6.45, 7) is 2.91. The number of carbonyl (C=O) groups is 2. The van der Waals surface area contributed by atoms with Crippen molar-refractivity contribution in [1.29, 1.82) is 0 Å². The van der Waals surface area contributed by atoms with E-state index < -0.39 is 5.97 Å². The lowest BCUT2D eigenvalue weighted by atomic mass is 9.85. The zero-order valence-electron chi connectivity index (χ0n) is 11.8. The van der Waals surface area contributed by atoms with Gasteiger partial charge in [0.1, 0.15) is 6.54 Å². The Morgan fingerprint density at radius 2 is 2.29 bits per heavy atom. The molecule has 0 atom stereocenters. The van der Waals surface area contributed by atoms with Gasteiger partial charge in [-0.2, -0.15) is 5.10 Å². The molecular weight excluding hydrogens is 340 g/mol. The molecule has 0 spiro atoms. The molecule has 1 amide bonds. The Balaban J connectivity index is 1.72. The van der Waals surface area contributed by atoms with Crippen LogP contribution in [0.15, 0.2) is 16.9 Å². The molecule has 0 unspecified atom stereocenters. The van der Waals surface area contributed by atoms with Crippen LogP contribution in [0.2, 0.25) is 0 Å². The Labute approximate surface area is 131 Å². The molecule has 7 nitrogen and oxygen atoms in total. The van der Waals surface area contributed by atoms with Crippen LogP contribution in [0, 0.1) is 0 Å². The molecule has 1 saturated carbocycles. The molecule has 116 valence electrons. The number of rotatable bonds is 7. The highest BCUT2D eigenvalue weighted by atomic mass is 79.9. The molecule has 0 saturated heterocycles. The molecule has 1 aromatic rings. The van der Waals surface area contributed by atoms with E-state index in [9.17, 15) is 9.59 Å². The fourth-order valence-corrected chi connectivity index (χ4v) is 2.85. The number of carboxylic acid groups (broad SMARTS) is 1. The van der Waals surface area contributed by atoms with Gasteiger partial charge in [0, 0.05) is 18.3 Å². The van der Waals surface area contributed by atoms with Crippen LogP contribution in [-0.2, 0) is 16.1 Å². The lowest BCUT2D eigenvalue weighted by Crippen LogP contribution is -2.55. The second-order valence-electron chi connectivity index (χ2n) is 5.20. The minimum absolute atomic E-state index is 0.0587. The standard InChI is InChI=1S/C13H19BrN4O3/c1-2-17(8-13(20)21)11-3-10(4-11)16-12(19)7-18-6-9(14)5-15-18/h5-6,10-11H,2-4,7-8H2,1H3,(H,16,19)(H,20,21). The molecule has 0 bridgehead atoms. The first-order chi connectivity index (χ1) is 9.97. The Kier molecular flexibility index (Phi) is 5.35. The highest BCUT2D eigenvalue weighted by Gasteiger charge is 2.34. The van der Waals surface area contributed by atoms with Crippen molar-refractivity contribution in [2.24, 2.45) is 0 Å². The van der Waals surface area contributed by atoms with Crippen LogP contribution in [0.1, 0.15) is 19.8 Å². The molecule has 21 heavy (non-hydrogen) atoms. The summed E-state index contributed by atoms with van der Waals surface area (Å²) >= 11 is 3.28. The molecule has 2 N–H and O–H groups in total. The van der Waals surface area contributed by atoms with Gasteiger partial charge in [0.2, 0.25) is 5.91 Å². The number of aliphatic carboxylic acids is 1. The van der Waals surface area contributed by atoms with Gasteiger partial charge in [-0.1, -0.05) is 6.92 Å². The topological polar surface area (TPSA) is 87.5 Å². The van der Waals surface area contributed by atoms with Gasteiger partial charge < -0.3 is 10.4 Å². The highest BCUT2D eigenvalue weighted by molar-refractivity contribution is 9.10. The maximum atomic E-state index is 11.9. The number of nitrogens with zero attached hydrogens (tertiary/aromatic N) is 3. The monoisotopic (exact) mass is 358 g/mol. The normalized spacial score (nSPS) is 21.1. The molecule has 1 aromatic heterocycles. The van der Waals surface area contributed by atoms with E-state index in [1.807, 2.05) is 11.8 Å². The predicted molar refractivity (Wildman–Crippen MR) is 79.8 cm³/mol. The summed E-state index contributed by atoms with van der Waals surface area (Å²) in [5, 5.41) is 15.8. The molecule has 0 radical (unpaired) electrons. The van der Waals surface area contributed by atoms with E-state index in [0.717, 1.165) is 17.3 Å².